The summed E-state index contributed by atoms with van der Waals surface area (Å²) in [5, 5.41) is 2.24. The van der Waals surface area contributed by atoms with E-state index in [4.69, 9.17) is 14.2 Å². The average Bonchev–Trinajstić information content (AvgIpc) is 2.96. The van der Waals surface area contributed by atoms with E-state index in [1.54, 1.807) is 7.11 Å². The molecule has 0 aliphatic heterocycles. The van der Waals surface area contributed by atoms with Crippen LogP contribution in [0, 0.1) is 0 Å². The van der Waals surface area contributed by atoms with Gasteiger partial charge in [0.05, 0.1) is 6.61 Å². The van der Waals surface area contributed by atoms with E-state index in [1.807, 2.05) is 42.5 Å². The Morgan fingerprint density at radius 2 is 1.06 bits per heavy atom. The highest BCUT2D eigenvalue weighted by molar-refractivity contribution is 5.88. The summed E-state index contributed by atoms with van der Waals surface area (Å²) in [6.45, 7) is 0.721. The molecular formula is C33H30O3. The standard InChI is InChI=1S/C33H30O3/c1-34-30(24-35-32-23-13-15-26-14-11-12-22-31(26)32)25-36-33(27-16-5-2-6-17-27,28-18-7-3-8-19-28)29-20-9-4-10-21-29/h2-23,30H,24-25H2,1H3. The molecule has 0 aliphatic carbocycles. The zero-order valence-electron chi connectivity index (χ0n) is 20.4. The van der Waals surface area contributed by atoms with Gasteiger partial charge in [0.25, 0.3) is 0 Å². The molecule has 0 aromatic heterocycles. The van der Waals surface area contributed by atoms with Crippen LogP contribution in [-0.4, -0.2) is 26.4 Å². The molecule has 0 N–H and O–H groups in total. The fraction of sp³-hybridized carbons (Fsp3) is 0.152. The van der Waals surface area contributed by atoms with Crippen molar-refractivity contribution in [3.05, 3.63) is 150 Å². The van der Waals surface area contributed by atoms with E-state index in [2.05, 4.69) is 91.0 Å². The van der Waals surface area contributed by atoms with Crippen LogP contribution in [-0.2, 0) is 15.1 Å². The summed E-state index contributed by atoms with van der Waals surface area (Å²) < 4.78 is 19.0. The Labute approximate surface area is 212 Å². The molecule has 5 aromatic carbocycles. The normalized spacial score (nSPS) is 12.4. The molecule has 0 radical (unpaired) electrons. The van der Waals surface area contributed by atoms with E-state index in [0.717, 1.165) is 33.2 Å². The van der Waals surface area contributed by atoms with Gasteiger partial charge in [-0.3, -0.25) is 0 Å². The molecule has 0 amide bonds. The van der Waals surface area contributed by atoms with Gasteiger partial charge in [-0.1, -0.05) is 127 Å². The lowest BCUT2D eigenvalue weighted by molar-refractivity contribution is -0.0636. The number of rotatable bonds is 10. The Bertz CT molecular complexity index is 1270. The predicted octanol–water partition coefficient (Wildman–Crippen LogP) is 7.24. The second kappa shape index (κ2) is 11.2. The largest absolute Gasteiger partial charge is 0.490 e. The molecule has 3 heteroatoms. The molecule has 1 atom stereocenters. The maximum Gasteiger partial charge on any atom is 0.143 e. The predicted molar refractivity (Wildman–Crippen MR) is 145 cm³/mol. The van der Waals surface area contributed by atoms with E-state index >= 15 is 0 Å². The lowest BCUT2D eigenvalue weighted by Crippen LogP contribution is -2.37. The van der Waals surface area contributed by atoms with Gasteiger partial charge in [-0.2, -0.15) is 0 Å². The number of benzene rings is 5. The zero-order chi connectivity index (χ0) is 24.6. The molecule has 3 nitrogen and oxygen atoms in total. The Balaban J connectivity index is 1.45. The monoisotopic (exact) mass is 474 g/mol. The summed E-state index contributed by atoms with van der Waals surface area (Å²) in [4.78, 5) is 0. The van der Waals surface area contributed by atoms with Crippen LogP contribution in [0.1, 0.15) is 16.7 Å². The average molecular weight is 475 g/mol. The third-order valence-electron chi connectivity index (χ3n) is 6.53. The summed E-state index contributed by atoms with van der Waals surface area (Å²) >= 11 is 0. The first-order valence-electron chi connectivity index (χ1n) is 12.2. The molecule has 0 heterocycles. The van der Waals surface area contributed by atoms with Gasteiger partial charge in [0.1, 0.15) is 24.1 Å². The molecule has 36 heavy (non-hydrogen) atoms. The van der Waals surface area contributed by atoms with Crippen molar-refractivity contribution in [2.45, 2.75) is 11.7 Å². The molecule has 0 aliphatic rings. The third-order valence-corrected chi connectivity index (χ3v) is 6.53. The molecule has 0 bridgehead atoms. The van der Waals surface area contributed by atoms with E-state index in [0.29, 0.717) is 13.2 Å². The van der Waals surface area contributed by atoms with Crippen molar-refractivity contribution in [1.29, 1.82) is 0 Å². The van der Waals surface area contributed by atoms with Gasteiger partial charge < -0.3 is 14.2 Å². The van der Waals surface area contributed by atoms with Crippen molar-refractivity contribution < 1.29 is 14.2 Å². The van der Waals surface area contributed by atoms with E-state index in [1.165, 1.54) is 0 Å². The first-order valence-corrected chi connectivity index (χ1v) is 12.2. The number of fused-ring (bicyclic) bond motifs is 1. The molecule has 0 saturated carbocycles. The maximum atomic E-state index is 6.91. The second-order valence-electron chi connectivity index (χ2n) is 8.74. The molecule has 5 rings (SSSR count). The summed E-state index contributed by atoms with van der Waals surface area (Å²) in [7, 11) is 1.70. The number of hydrogen-bond acceptors (Lipinski definition) is 3. The molecule has 5 aromatic rings. The number of hydrogen-bond donors (Lipinski definition) is 0. The lowest BCUT2D eigenvalue weighted by atomic mass is 9.80. The minimum atomic E-state index is -0.792. The topological polar surface area (TPSA) is 27.7 Å². The van der Waals surface area contributed by atoms with Crippen LogP contribution < -0.4 is 4.74 Å². The first-order chi connectivity index (χ1) is 17.8. The Hall–Kier alpha value is -3.92. The minimum absolute atomic E-state index is 0.264. The number of methoxy groups -OCH3 is 1. The second-order valence-corrected chi connectivity index (χ2v) is 8.74. The Morgan fingerprint density at radius 3 is 1.61 bits per heavy atom. The Kier molecular flexibility index (Phi) is 7.41. The summed E-state index contributed by atoms with van der Waals surface area (Å²) in [6.07, 6.45) is -0.264. The van der Waals surface area contributed by atoms with Crippen molar-refractivity contribution in [3.63, 3.8) is 0 Å². The van der Waals surface area contributed by atoms with E-state index < -0.39 is 5.60 Å². The van der Waals surface area contributed by atoms with Crippen molar-refractivity contribution >= 4 is 10.8 Å². The van der Waals surface area contributed by atoms with Crippen molar-refractivity contribution in [2.24, 2.45) is 0 Å². The third kappa shape index (κ3) is 4.90. The van der Waals surface area contributed by atoms with E-state index in [-0.39, 0.29) is 6.10 Å². The van der Waals surface area contributed by atoms with Crippen LogP contribution in [0.3, 0.4) is 0 Å². The minimum Gasteiger partial charge on any atom is -0.490 e. The van der Waals surface area contributed by atoms with Gasteiger partial charge in [-0.05, 0) is 28.1 Å². The SMILES string of the molecule is COC(COc1cccc2ccccc12)COC(c1ccccc1)(c1ccccc1)c1ccccc1. The fourth-order valence-electron chi connectivity index (χ4n) is 4.68. The van der Waals surface area contributed by atoms with Crippen LogP contribution in [0.25, 0.3) is 10.8 Å². The zero-order valence-corrected chi connectivity index (χ0v) is 20.4. The molecule has 0 spiro atoms. The summed E-state index contributed by atoms with van der Waals surface area (Å²) in [6, 6.07) is 45.4. The van der Waals surface area contributed by atoms with Crippen LogP contribution in [0.15, 0.2) is 133 Å². The highest BCUT2D eigenvalue weighted by atomic mass is 16.6. The smallest absolute Gasteiger partial charge is 0.143 e. The van der Waals surface area contributed by atoms with Crippen molar-refractivity contribution in [2.75, 3.05) is 20.3 Å². The molecule has 1 unspecified atom stereocenters. The van der Waals surface area contributed by atoms with Gasteiger partial charge >= 0.3 is 0 Å². The maximum absolute atomic E-state index is 6.91. The van der Waals surface area contributed by atoms with Crippen molar-refractivity contribution in [1.82, 2.24) is 0 Å². The van der Waals surface area contributed by atoms with Gasteiger partial charge in [0, 0.05) is 12.5 Å². The van der Waals surface area contributed by atoms with Crippen LogP contribution in [0.5, 0.6) is 5.75 Å². The van der Waals surface area contributed by atoms with Crippen LogP contribution in [0.2, 0.25) is 0 Å². The van der Waals surface area contributed by atoms with Gasteiger partial charge in [0.2, 0.25) is 0 Å². The molecule has 0 saturated heterocycles. The van der Waals surface area contributed by atoms with Crippen LogP contribution in [0.4, 0.5) is 0 Å². The Morgan fingerprint density at radius 1 is 0.556 bits per heavy atom. The summed E-state index contributed by atoms with van der Waals surface area (Å²) in [5.74, 6) is 0.843. The molecular weight excluding hydrogens is 444 g/mol. The first kappa shape index (κ1) is 23.8. The summed E-state index contributed by atoms with van der Waals surface area (Å²) in [5.41, 5.74) is 2.40. The lowest BCUT2D eigenvalue weighted by Gasteiger charge is -2.37. The highest BCUT2D eigenvalue weighted by Gasteiger charge is 2.38. The van der Waals surface area contributed by atoms with Crippen molar-refractivity contribution in [3.8, 4) is 5.75 Å². The van der Waals surface area contributed by atoms with Gasteiger partial charge in [0.15, 0.2) is 0 Å². The highest BCUT2D eigenvalue weighted by Crippen LogP contribution is 2.40. The van der Waals surface area contributed by atoms with Gasteiger partial charge in [-0.15, -0.1) is 0 Å². The van der Waals surface area contributed by atoms with Gasteiger partial charge in [-0.25, -0.2) is 0 Å². The quantitative estimate of drug-likeness (QED) is 0.200. The molecule has 180 valence electrons. The number of ether oxygens (including phenoxy) is 3. The van der Waals surface area contributed by atoms with Crippen LogP contribution >= 0.6 is 0 Å². The molecule has 0 fully saturated rings. The van der Waals surface area contributed by atoms with E-state index in [9.17, 15) is 0 Å². The fourth-order valence-corrected chi connectivity index (χ4v) is 4.68.